The van der Waals surface area contributed by atoms with E-state index in [1.807, 2.05) is 12.1 Å². The lowest BCUT2D eigenvalue weighted by Crippen LogP contribution is -2.42. The molecule has 3 rings (SSSR count). The first kappa shape index (κ1) is 14.1. The van der Waals surface area contributed by atoms with Gasteiger partial charge in [0.05, 0.1) is 16.8 Å². The SMILES string of the molecule is N[C@]1(c2ccc(C(F)(F)F)cc2)CCCc2cccnc21. The minimum Gasteiger partial charge on any atom is -0.316 e. The monoisotopic (exact) mass is 292 g/mol. The highest BCUT2D eigenvalue weighted by Gasteiger charge is 2.37. The molecule has 0 aliphatic heterocycles. The van der Waals surface area contributed by atoms with Gasteiger partial charge in [0, 0.05) is 6.20 Å². The maximum Gasteiger partial charge on any atom is 0.416 e. The maximum absolute atomic E-state index is 12.7. The normalized spacial score (nSPS) is 21.9. The van der Waals surface area contributed by atoms with Crippen molar-refractivity contribution >= 4 is 0 Å². The van der Waals surface area contributed by atoms with Crippen LogP contribution in [0.5, 0.6) is 0 Å². The fraction of sp³-hybridized carbons (Fsp3) is 0.312. The second kappa shape index (κ2) is 4.84. The first-order valence-corrected chi connectivity index (χ1v) is 6.82. The van der Waals surface area contributed by atoms with Gasteiger partial charge in [0.1, 0.15) is 0 Å². The second-order valence-electron chi connectivity index (χ2n) is 5.41. The Morgan fingerprint density at radius 1 is 1.10 bits per heavy atom. The smallest absolute Gasteiger partial charge is 0.316 e. The van der Waals surface area contributed by atoms with E-state index >= 15 is 0 Å². The minimum atomic E-state index is -4.33. The van der Waals surface area contributed by atoms with E-state index in [1.54, 1.807) is 6.20 Å². The van der Waals surface area contributed by atoms with E-state index in [-0.39, 0.29) is 0 Å². The highest BCUT2D eigenvalue weighted by atomic mass is 19.4. The molecule has 0 amide bonds. The zero-order valence-corrected chi connectivity index (χ0v) is 11.3. The molecule has 0 fully saturated rings. The standard InChI is InChI=1S/C16H15F3N2/c17-16(18,19)13-7-5-12(6-8-13)15(20)9-1-3-11-4-2-10-21-14(11)15/h2,4-8,10H,1,3,9,20H2/t15-/m0/s1. The van der Waals surface area contributed by atoms with Crippen LogP contribution in [0, 0.1) is 0 Å². The molecule has 0 spiro atoms. The fourth-order valence-corrected chi connectivity index (χ4v) is 2.96. The lowest BCUT2D eigenvalue weighted by Gasteiger charge is -2.35. The van der Waals surface area contributed by atoms with Gasteiger partial charge in [-0.05, 0) is 48.6 Å². The molecule has 1 aromatic heterocycles. The number of benzene rings is 1. The van der Waals surface area contributed by atoms with Crippen LogP contribution in [0.3, 0.4) is 0 Å². The Hall–Kier alpha value is -1.88. The summed E-state index contributed by atoms with van der Waals surface area (Å²) in [6, 6.07) is 8.94. The van der Waals surface area contributed by atoms with Crippen LogP contribution in [0.15, 0.2) is 42.6 Å². The number of nitrogens with zero attached hydrogens (tertiary/aromatic N) is 1. The molecule has 0 unspecified atom stereocenters. The first-order valence-electron chi connectivity index (χ1n) is 6.82. The molecule has 1 aromatic carbocycles. The Kier molecular flexibility index (Phi) is 3.24. The summed E-state index contributed by atoms with van der Waals surface area (Å²) in [7, 11) is 0. The molecule has 2 nitrogen and oxygen atoms in total. The highest BCUT2D eigenvalue weighted by Crippen LogP contribution is 2.38. The number of halogens is 3. The van der Waals surface area contributed by atoms with Crippen molar-refractivity contribution < 1.29 is 13.2 Å². The topological polar surface area (TPSA) is 38.9 Å². The number of fused-ring (bicyclic) bond motifs is 1. The van der Waals surface area contributed by atoms with Crippen LogP contribution in [0.4, 0.5) is 13.2 Å². The van der Waals surface area contributed by atoms with E-state index in [4.69, 9.17) is 5.73 Å². The second-order valence-corrected chi connectivity index (χ2v) is 5.41. The van der Waals surface area contributed by atoms with Gasteiger partial charge in [0.15, 0.2) is 0 Å². The van der Waals surface area contributed by atoms with E-state index in [1.165, 1.54) is 12.1 Å². The van der Waals surface area contributed by atoms with Crippen LogP contribution < -0.4 is 5.73 Å². The molecule has 0 saturated carbocycles. The zero-order valence-electron chi connectivity index (χ0n) is 11.3. The van der Waals surface area contributed by atoms with E-state index in [0.29, 0.717) is 12.0 Å². The third-order valence-corrected chi connectivity index (χ3v) is 4.06. The average molecular weight is 292 g/mol. The van der Waals surface area contributed by atoms with Crippen molar-refractivity contribution in [3.63, 3.8) is 0 Å². The molecule has 0 saturated heterocycles. The van der Waals surface area contributed by atoms with Crippen LogP contribution in [0.25, 0.3) is 0 Å². The van der Waals surface area contributed by atoms with Gasteiger partial charge >= 0.3 is 6.18 Å². The van der Waals surface area contributed by atoms with Crippen LogP contribution in [-0.4, -0.2) is 4.98 Å². The molecule has 1 heterocycles. The lowest BCUT2D eigenvalue weighted by atomic mass is 9.76. The van der Waals surface area contributed by atoms with Crippen molar-refractivity contribution in [3.05, 3.63) is 65.0 Å². The fourth-order valence-electron chi connectivity index (χ4n) is 2.96. The van der Waals surface area contributed by atoms with Gasteiger partial charge < -0.3 is 5.73 Å². The van der Waals surface area contributed by atoms with Crippen molar-refractivity contribution in [2.75, 3.05) is 0 Å². The van der Waals surface area contributed by atoms with Crippen molar-refractivity contribution in [1.29, 1.82) is 0 Å². The number of aromatic nitrogens is 1. The lowest BCUT2D eigenvalue weighted by molar-refractivity contribution is -0.137. The molecule has 110 valence electrons. The van der Waals surface area contributed by atoms with Gasteiger partial charge in [-0.3, -0.25) is 4.98 Å². The molecular formula is C16H15F3N2. The Morgan fingerprint density at radius 2 is 1.81 bits per heavy atom. The molecule has 1 aliphatic rings. The van der Waals surface area contributed by atoms with E-state index in [9.17, 15) is 13.2 Å². The summed E-state index contributed by atoms with van der Waals surface area (Å²) in [5, 5.41) is 0. The number of rotatable bonds is 1. The summed E-state index contributed by atoms with van der Waals surface area (Å²) in [6.07, 6.45) is -0.166. The third-order valence-electron chi connectivity index (χ3n) is 4.06. The Bertz CT molecular complexity index is 649. The van der Waals surface area contributed by atoms with Crippen LogP contribution in [-0.2, 0) is 18.1 Å². The zero-order chi connectivity index (χ0) is 15.1. The molecule has 21 heavy (non-hydrogen) atoms. The summed E-state index contributed by atoms with van der Waals surface area (Å²) in [4.78, 5) is 4.37. The van der Waals surface area contributed by atoms with Crippen molar-refractivity contribution in [1.82, 2.24) is 4.98 Å². The van der Waals surface area contributed by atoms with Gasteiger partial charge in [-0.2, -0.15) is 13.2 Å². The largest absolute Gasteiger partial charge is 0.416 e. The molecule has 1 atom stereocenters. The molecule has 0 bridgehead atoms. The number of aryl methyl sites for hydroxylation is 1. The summed E-state index contributed by atoms with van der Waals surface area (Å²) >= 11 is 0. The summed E-state index contributed by atoms with van der Waals surface area (Å²) in [5.41, 5.74) is 7.57. The van der Waals surface area contributed by atoms with Crippen molar-refractivity contribution in [2.45, 2.75) is 31.0 Å². The summed E-state index contributed by atoms with van der Waals surface area (Å²) < 4.78 is 38.0. The highest BCUT2D eigenvalue weighted by molar-refractivity contribution is 5.41. The maximum atomic E-state index is 12.7. The van der Waals surface area contributed by atoms with Gasteiger partial charge in [-0.15, -0.1) is 0 Å². The molecule has 0 radical (unpaired) electrons. The Morgan fingerprint density at radius 3 is 2.48 bits per heavy atom. The van der Waals surface area contributed by atoms with E-state index < -0.39 is 17.3 Å². The Balaban J connectivity index is 2.04. The van der Waals surface area contributed by atoms with Crippen LogP contribution in [0.1, 0.15) is 35.2 Å². The molecule has 2 aromatic rings. The average Bonchev–Trinajstić information content (AvgIpc) is 2.47. The van der Waals surface area contributed by atoms with Gasteiger partial charge in [-0.25, -0.2) is 0 Å². The van der Waals surface area contributed by atoms with Gasteiger partial charge in [-0.1, -0.05) is 18.2 Å². The van der Waals surface area contributed by atoms with Gasteiger partial charge in [0.25, 0.3) is 0 Å². The van der Waals surface area contributed by atoms with Crippen LogP contribution in [0.2, 0.25) is 0 Å². The minimum absolute atomic E-state index is 0.660. The number of pyridine rings is 1. The van der Waals surface area contributed by atoms with Gasteiger partial charge in [0.2, 0.25) is 0 Å². The van der Waals surface area contributed by atoms with Crippen molar-refractivity contribution in [3.8, 4) is 0 Å². The van der Waals surface area contributed by atoms with Crippen molar-refractivity contribution in [2.24, 2.45) is 5.73 Å². The molecular weight excluding hydrogens is 277 g/mol. The predicted octanol–water partition coefficient (Wildman–Crippen LogP) is 3.64. The first-order chi connectivity index (χ1) is 9.91. The summed E-state index contributed by atoms with van der Waals surface area (Å²) in [6.45, 7) is 0. The molecule has 5 heteroatoms. The third kappa shape index (κ3) is 2.42. The summed E-state index contributed by atoms with van der Waals surface area (Å²) in [5.74, 6) is 0. The number of hydrogen-bond donors (Lipinski definition) is 1. The Labute approximate surface area is 120 Å². The quantitative estimate of drug-likeness (QED) is 0.871. The van der Waals surface area contributed by atoms with Crippen LogP contribution >= 0.6 is 0 Å². The number of hydrogen-bond acceptors (Lipinski definition) is 2. The predicted molar refractivity (Wildman–Crippen MR) is 73.6 cm³/mol. The molecule has 2 N–H and O–H groups in total. The number of alkyl halides is 3. The molecule has 1 aliphatic carbocycles. The van der Waals surface area contributed by atoms with E-state index in [2.05, 4.69) is 4.98 Å². The van der Waals surface area contributed by atoms with E-state index in [0.717, 1.165) is 36.2 Å². The number of nitrogens with two attached hydrogens (primary N) is 1.